The minimum atomic E-state index is -3.19. The van der Waals surface area contributed by atoms with E-state index in [4.69, 9.17) is 0 Å². The van der Waals surface area contributed by atoms with Gasteiger partial charge < -0.3 is 10.2 Å². The average Bonchev–Trinajstić information content (AvgIpc) is 3.47. The molecule has 2 aromatic rings. The summed E-state index contributed by atoms with van der Waals surface area (Å²) in [5.74, 6) is -0.325. The van der Waals surface area contributed by atoms with Crippen LogP contribution in [0.1, 0.15) is 12.8 Å². The number of hydrogen-bond acceptors (Lipinski definition) is 3. The van der Waals surface area contributed by atoms with Gasteiger partial charge in [-0.2, -0.15) is 4.31 Å². The molecule has 1 saturated carbocycles. The van der Waals surface area contributed by atoms with Crippen LogP contribution in [0.15, 0.2) is 36.4 Å². The fourth-order valence-corrected chi connectivity index (χ4v) is 5.11. The van der Waals surface area contributed by atoms with E-state index in [1.807, 2.05) is 0 Å². The Morgan fingerprint density at radius 3 is 2.50 bits per heavy atom. The minimum absolute atomic E-state index is 0.223. The van der Waals surface area contributed by atoms with Crippen LogP contribution in [-0.4, -0.2) is 55.1 Å². The zero-order valence-corrected chi connectivity index (χ0v) is 15.0. The van der Waals surface area contributed by atoms with Crippen LogP contribution in [-0.2, 0) is 10.0 Å². The quantitative estimate of drug-likeness (QED) is 0.894. The lowest BCUT2D eigenvalue weighted by Gasteiger charge is -2.34. The van der Waals surface area contributed by atoms with E-state index in [1.54, 1.807) is 29.2 Å². The number of carbonyl (C=O) groups is 1. The summed E-state index contributed by atoms with van der Waals surface area (Å²) >= 11 is 0. The Labute approximate surface area is 151 Å². The molecule has 0 spiro atoms. The van der Waals surface area contributed by atoms with Crippen molar-refractivity contribution in [2.24, 2.45) is 0 Å². The van der Waals surface area contributed by atoms with Crippen LogP contribution in [0.25, 0.3) is 10.8 Å². The smallest absolute Gasteiger partial charge is 0.321 e. The monoisotopic (exact) mass is 377 g/mol. The van der Waals surface area contributed by atoms with Gasteiger partial charge in [-0.25, -0.2) is 17.6 Å². The number of piperazine rings is 1. The van der Waals surface area contributed by atoms with Crippen molar-refractivity contribution in [2.75, 3.05) is 31.5 Å². The number of nitrogens with zero attached hydrogens (tertiary/aromatic N) is 2. The van der Waals surface area contributed by atoms with E-state index in [1.165, 1.54) is 16.4 Å². The Kier molecular flexibility index (Phi) is 4.32. The summed E-state index contributed by atoms with van der Waals surface area (Å²) in [5, 5.41) is 4.11. The second-order valence-corrected chi connectivity index (χ2v) is 8.94. The molecule has 2 aliphatic rings. The molecule has 2 fully saturated rings. The average molecular weight is 377 g/mol. The van der Waals surface area contributed by atoms with Crippen molar-refractivity contribution in [3.8, 4) is 0 Å². The van der Waals surface area contributed by atoms with Crippen LogP contribution < -0.4 is 5.32 Å². The molecular formula is C18H20FN3O3S. The van der Waals surface area contributed by atoms with Gasteiger partial charge in [-0.05, 0) is 42.5 Å². The molecule has 0 radical (unpaired) electrons. The minimum Gasteiger partial charge on any atom is -0.322 e. The molecule has 1 aliphatic heterocycles. The van der Waals surface area contributed by atoms with Crippen molar-refractivity contribution in [3.05, 3.63) is 42.2 Å². The van der Waals surface area contributed by atoms with E-state index >= 15 is 0 Å². The lowest BCUT2D eigenvalue weighted by Crippen LogP contribution is -2.52. The molecular weight excluding hydrogens is 357 g/mol. The molecule has 26 heavy (non-hydrogen) atoms. The Morgan fingerprint density at radius 1 is 1.08 bits per heavy atom. The third kappa shape index (κ3) is 3.26. The van der Waals surface area contributed by atoms with Gasteiger partial charge in [0.25, 0.3) is 0 Å². The summed E-state index contributed by atoms with van der Waals surface area (Å²) in [6, 6.07) is 9.47. The number of benzene rings is 2. The molecule has 0 bridgehead atoms. The highest BCUT2D eigenvalue weighted by Gasteiger charge is 2.41. The van der Waals surface area contributed by atoms with Crippen molar-refractivity contribution in [1.82, 2.24) is 9.21 Å². The van der Waals surface area contributed by atoms with Crippen molar-refractivity contribution in [1.29, 1.82) is 0 Å². The van der Waals surface area contributed by atoms with Crippen LogP contribution in [0.3, 0.4) is 0 Å². The van der Waals surface area contributed by atoms with E-state index in [2.05, 4.69) is 5.32 Å². The maximum atomic E-state index is 13.4. The van der Waals surface area contributed by atoms with Gasteiger partial charge in [0.1, 0.15) is 5.82 Å². The highest BCUT2D eigenvalue weighted by Crippen LogP contribution is 2.31. The first-order valence-electron chi connectivity index (χ1n) is 8.68. The summed E-state index contributed by atoms with van der Waals surface area (Å²) in [6.07, 6.45) is 1.48. The Morgan fingerprint density at radius 2 is 1.81 bits per heavy atom. The molecule has 1 heterocycles. The topological polar surface area (TPSA) is 69.7 Å². The van der Waals surface area contributed by atoms with E-state index in [0.29, 0.717) is 37.3 Å². The Balaban J connectivity index is 1.43. The van der Waals surface area contributed by atoms with Crippen LogP contribution in [0, 0.1) is 5.82 Å². The Hall–Kier alpha value is -2.19. The van der Waals surface area contributed by atoms with Crippen molar-refractivity contribution >= 4 is 32.5 Å². The van der Waals surface area contributed by atoms with E-state index < -0.39 is 10.0 Å². The molecule has 4 rings (SSSR count). The molecule has 1 aliphatic carbocycles. The first-order chi connectivity index (χ1) is 12.4. The molecule has 0 aromatic heterocycles. The normalized spacial score (nSPS) is 18.9. The van der Waals surface area contributed by atoms with Crippen LogP contribution >= 0.6 is 0 Å². The molecule has 0 unspecified atom stereocenters. The number of sulfonamides is 1. The maximum Gasteiger partial charge on any atom is 0.321 e. The molecule has 1 N–H and O–H groups in total. The van der Waals surface area contributed by atoms with Crippen LogP contribution in [0.4, 0.5) is 14.9 Å². The summed E-state index contributed by atoms with van der Waals surface area (Å²) in [7, 11) is -3.19. The van der Waals surface area contributed by atoms with Gasteiger partial charge >= 0.3 is 6.03 Å². The predicted octanol–water partition coefficient (Wildman–Crippen LogP) is 2.62. The lowest BCUT2D eigenvalue weighted by molar-refractivity contribution is 0.184. The second-order valence-electron chi connectivity index (χ2n) is 6.73. The number of nitrogens with one attached hydrogen (secondary N) is 1. The summed E-state index contributed by atoms with van der Waals surface area (Å²) in [6.45, 7) is 1.37. The molecule has 1 saturated heterocycles. The molecule has 8 heteroatoms. The van der Waals surface area contributed by atoms with Gasteiger partial charge in [-0.3, -0.25) is 0 Å². The highest BCUT2D eigenvalue weighted by atomic mass is 32.2. The predicted molar refractivity (Wildman–Crippen MR) is 98.0 cm³/mol. The summed E-state index contributed by atoms with van der Waals surface area (Å²) in [4.78, 5) is 14.2. The number of carbonyl (C=O) groups excluding carboxylic acids is 1. The molecule has 6 nitrogen and oxygen atoms in total. The third-order valence-corrected chi connectivity index (χ3v) is 7.31. The number of halogens is 1. The number of urea groups is 1. The largest absolute Gasteiger partial charge is 0.322 e. The number of rotatable bonds is 3. The summed E-state index contributed by atoms with van der Waals surface area (Å²) in [5.41, 5.74) is 0.612. The summed E-state index contributed by atoms with van der Waals surface area (Å²) < 4.78 is 39.4. The molecule has 2 aromatic carbocycles. The van der Waals surface area contributed by atoms with Gasteiger partial charge in [-0.15, -0.1) is 0 Å². The van der Waals surface area contributed by atoms with Gasteiger partial charge in [0.15, 0.2) is 0 Å². The van der Waals surface area contributed by atoms with Gasteiger partial charge in [-0.1, -0.05) is 12.1 Å². The number of hydrogen-bond donors (Lipinski definition) is 1. The molecule has 138 valence electrons. The van der Waals surface area contributed by atoms with Crippen molar-refractivity contribution in [3.63, 3.8) is 0 Å². The molecule has 0 atom stereocenters. The Bertz CT molecular complexity index is 951. The fourth-order valence-electron chi connectivity index (χ4n) is 3.28. The maximum absolute atomic E-state index is 13.4. The standard InChI is InChI=1S/C18H20FN3O3S/c19-14-4-7-16-13(12-14)2-1-3-17(16)20-18(23)21-8-10-22(11-9-21)26(24,25)15-5-6-15/h1-4,7,12,15H,5-6,8-11H2,(H,20,23). The zero-order chi connectivity index (χ0) is 18.3. The number of fused-ring (bicyclic) bond motifs is 1. The van der Waals surface area contributed by atoms with Crippen molar-refractivity contribution in [2.45, 2.75) is 18.1 Å². The fraction of sp³-hybridized carbons (Fsp3) is 0.389. The van der Waals surface area contributed by atoms with Gasteiger partial charge in [0.2, 0.25) is 10.0 Å². The highest BCUT2D eigenvalue weighted by molar-refractivity contribution is 7.90. The first-order valence-corrected chi connectivity index (χ1v) is 10.2. The zero-order valence-electron chi connectivity index (χ0n) is 14.2. The van der Waals surface area contributed by atoms with E-state index in [9.17, 15) is 17.6 Å². The van der Waals surface area contributed by atoms with Gasteiger partial charge in [0.05, 0.1) is 10.9 Å². The SMILES string of the molecule is O=C(Nc1cccc2cc(F)ccc12)N1CCN(S(=O)(=O)C2CC2)CC1. The second kappa shape index (κ2) is 6.51. The van der Waals surface area contributed by atoms with Crippen LogP contribution in [0.5, 0.6) is 0 Å². The number of anilines is 1. The number of amides is 2. The molecule has 2 amide bonds. The first kappa shape index (κ1) is 17.2. The van der Waals surface area contributed by atoms with E-state index in [-0.39, 0.29) is 17.1 Å². The van der Waals surface area contributed by atoms with E-state index in [0.717, 1.165) is 18.2 Å². The van der Waals surface area contributed by atoms with Gasteiger partial charge in [0, 0.05) is 31.6 Å². The lowest BCUT2D eigenvalue weighted by atomic mass is 10.1. The van der Waals surface area contributed by atoms with Crippen LogP contribution in [0.2, 0.25) is 0 Å². The van der Waals surface area contributed by atoms with Crippen molar-refractivity contribution < 1.29 is 17.6 Å². The third-order valence-electron chi connectivity index (χ3n) is 4.92.